The Morgan fingerprint density at radius 2 is 1.92 bits per heavy atom. The van der Waals surface area contributed by atoms with Gasteiger partial charge in [0, 0.05) is 36.4 Å². The van der Waals surface area contributed by atoms with Crippen LogP contribution in [0.15, 0.2) is 48.3 Å². The van der Waals surface area contributed by atoms with Gasteiger partial charge in [0.05, 0.1) is 18.8 Å². The first kappa shape index (κ1) is 28.5. The second-order valence-electron chi connectivity index (χ2n) is 9.63. The van der Waals surface area contributed by atoms with E-state index in [1.54, 1.807) is 0 Å². The van der Waals surface area contributed by atoms with Crippen LogP contribution in [0.5, 0.6) is 5.75 Å². The number of aliphatic hydroxyl groups excluding tert-OH is 2. The molecule has 2 N–H and O–H groups in total. The smallest absolute Gasteiger partial charge is 0.220 e. The van der Waals surface area contributed by atoms with Crippen LogP contribution in [0.3, 0.4) is 0 Å². The SMILES string of the molecule is CCc1cc(OCCCO)ccc1C1=CC2C=CC(OCC(O)CCOC(C)C(C)C)=CC2SC1=O. The van der Waals surface area contributed by atoms with Crippen molar-refractivity contribution >= 4 is 22.5 Å². The summed E-state index contributed by atoms with van der Waals surface area (Å²) in [5, 5.41) is 19.2. The van der Waals surface area contributed by atoms with E-state index in [9.17, 15) is 9.90 Å². The number of carbonyl (C=O) groups excluding carboxylic acids is 1. The molecule has 1 aromatic carbocycles. The molecule has 4 atom stereocenters. The van der Waals surface area contributed by atoms with Gasteiger partial charge in [0.2, 0.25) is 5.12 Å². The molecule has 1 aliphatic heterocycles. The molecule has 2 aliphatic rings. The number of hydrogen-bond acceptors (Lipinski definition) is 7. The predicted octanol–water partition coefficient (Wildman–Crippen LogP) is 4.93. The molecule has 1 aromatic rings. The molecule has 1 heterocycles. The number of rotatable bonds is 14. The Hall–Kier alpha value is -2.06. The van der Waals surface area contributed by atoms with Crippen LogP contribution >= 0.6 is 11.8 Å². The van der Waals surface area contributed by atoms with Crippen molar-refractivity contribution in [2.24, 2.45) is 11.8 Å². The van der Waals surface area contributed by atoms with Crippen molar-refractivity contribution in [3.05, 3.63) is 59.4 Å². The molecule has 1 aliphatic carbocycles. The Labute approximate surface area is 219 Å². The number of allylic oxidation sites excluding steroid dienone is 3. The molecule has 0 fully saturated rings. The first-order valence-electron chi connectivity index (χ1n) is 12.9. The van der Waals surface area contributed by atoms with Crippen molar-refractivity contribution in [1.82, 2.24) is 0 Å². The van der Waals surface area contributed by atoms with Gasteiger partial charge >= 0.3 is 0 Å². The lowest BCUT2D eigenvalue weighted by Gasteiger charge is -2.28. The monoisotopic (exact) mass is 516 g/mol. The van der Waals surface area contributed by atoms with E-state index in [2.05, 4.69) is 32.9 Å². The molecule has 0 aromatic heterocycles. The third kappa shape index (κ3) is 7.97. The summed E-state index contributed by atoms with van der Waals surface area (Å²) in [4.78, 5) is 13.1. The molecule has 198 valence electrons. The fourth-order valence-corrected chi connectivity index (χ4v) is 5.06. The highest BCUT2D eigenvalue weighted by molar-refractivity contribution is 8.15. The van der Waals surface area contributed by atoms with Gasteiger partial charge in [-0.25, -0.2) is 0 Å². The van der Waals surface area contributed by atoms with Crippen LogP contribution in [-0.2, 0) is 20.7 Å². The van der Waals surface area contributed by atoms with E-state index in [1.165, 1.54) is 11.8 Å². The molecule has 0 saturated carbocycles. The Balaban J connectivity index is 1.59. The summed E-state index contributed by atoms with van der Waals surface area (Å²) in [7, 11) is 0. The van der Waals surface area contributed by atoms with E-state index >= 15 is 0 Å². The summed E-state index contributed by atoms with van der Waals surface area (Å²) in [5.74, 6) is 1.97. The Morgan fingerprint density at radius 1 is 1.11 bits per heavy atom. The zero-order valence-electron chi connectivity index (χ0n) is 21.8. The van der Waals surface area contributed by atoms with Gasteiger partial charge in [-0.3, -0.25) is 4.79 Å². The summed E-state index contributed by atoms with van der Waals surface area (Å²) in [6.07, 6.45) is 9.47. The number of benzene rings is 1. The largest absolute Gasteiger partial charge is 0.493 e. The van der Waals surface area contributed by atoms with Gasteiger partial charge in [-0.2, -0.15) is 0 Å². The van der Waals surface area contributed by atoms with E-state index < -0.39 is 6.10 Å². The van der Waals surface area contributed by atoms with Crippen LogP contribution in [-0.4, -0.2) is 59.2 Å². The highest BCUT2D eigenvalue weighted by Crippen LogP contribution is 2.40. The lowest BCUT2D eigenvalue weighted by Crippen LogP contribution is -2.24. The Bertz CT molecular complexity index is 967. The van der Waals surface area contributed by atoms with Crippen molar-refractivity contribution in [3.63, 3.8) is 0 Å². The minimum Gasteiger partial charge on any atom is -0.493 e. The van der Waals surface area contributed by atoms with Gasteiger partial charge in [-0.1, -0.05) is 50.8 Å². The van der Waals surface area contributed by atoms with Crippen molar-refractivity contribution in [2.75, 3.05) is 26.4 Å². The Morgan fingerprint density at radius 3 is 2.64 bits per heavy atom. The lowest BCUT2D eigenvalue weighted by molar-refractivity contribution is -0.106. The highest BCUT2D eigenvalue weighted by atomic mass is 32.2. The fraction of sp³-hybridized carbons (Fsp3) is 0.552. The fourth-order valence-electron chi connectivity index (χ4n) is 3.98. The third-order valence-electron chi connectivity index (χ3n) is 6.54. The second-order valence-corrected chi connectivity index (χ2v) is 10.8. The van der Waals surface area contributed by atoms with Crippen molar-refractivity contribution in [3.8, 4) is 5.75 Å². The molecule has 0 spiro atoms. The second kappa shape index (κ2) is 14.0. The maximum Gasteiger partial charge on any atom is 0.220 e. The van der Waals surface area contributed by atoms with Crippen LogP contribution in [0.1, 0.15) is 51.7 Å². The Kier molecular flexibility index (Phi) is 11.1. The molecule has 0 radical (unpaired) electrons. The minimum atomic E-state index is -0.605. The molecule has 7 heteroatoms. The van der Waals surface area contributed by atoms with Gasteiger partial charge < -0.3 is 24.4 Å². The van der Waals surface area contributed by atoms with E-state index in [0.29, 0.717) is 37.7 Å². The van der Waals surface area contributed by atoms with Crippen molar-refractivity contribution in [1.29, 1.82) is 0 Å². The van der Waals surface area contributed by atoms with E-state index in [1.807, 2.05) is 37.3 Å². The molecule has 3 rings (SSSR count). The lowest BCUT2D eigenvalue weighted by atomic mass is 9.91. The third-order valence-corrected chi connectivity index (χ3v) is 7.70. The van der Waals surface area contributed by atoms with E-state index in [0.717, 1.165) is 28.9 Å². The molecular weight excluding hydrogens is 476 g/mol. The zero-order chi connectivity index (χ0) is 26.1. The van der Waals surface area contributed by atoms with Gasteiger partial charge in [0.1, 0.15) is 18.1 Å². The van der Waals surface area contributed by atoms with Crippen LogP contribution < -0.4 is 4.74 Å². The summed E-state index contributed by atoms with van der Waals surface area (Å²) in [6, 6.07) is 5.83. The van der Waals surface area contributed by atoms with Crippen LogP contribution in [0.25, 0.3) is 5.57 Å². The predicted molar refractivity (Wildman–Crippen MR) is 145 cm³/mol. The van der Waals surface area contributed by atoms with Crippen LogP contribution in [0.4, 0.5) is 0 Å². The molecule has 0 saturated heterocycles. The normalized spacial score (nSPS) is 21.0. The molecule has 4 unspecified atom stereocenters. The molecule has 36 heavy (non-hydrogen) atoms. The quantitative estimate of drug-likeness (QED) is 0.339. The average molecular weight is 517 g/mol. The van der Waals surface area contributed by atoms with E-state index in [4.69, 9.17) is 19.3 Å². The highest BCUT2D eigenvalue weighted by Gasteiger charge is 2.32. The zero-order valence-corrected chi connectivity index (χ0v) is 22.6. The minimum absolute atomic E-state index is 0.0280. The van der Waals surface area contributed by atoms with Crippen LogP contribution in [0.2, 0.25) is 0 Å². The average Bonchev–Trinajstić information content (AvgIpc) is 2.87. The maximum absolute atomic E-state index is 13.1. The van der Waals surface area contributed by atoms with Gasteiger partial charge in [0.25, 0.3) is 0 Å². The summed E-state index contributed by atoms with van der Waals surface area (Å²) in [5.41, 5.74) is 2.74. The standard InChI is InChI=1S/C29H40O6S/c1-5-21-15-24(34-13-6-12-30)9-10-26(21)27-16-22-7-8-25(17-28(22)36-29(27)32)35-18-23(31)11-14-33-20(4)19(2)3/h7-10,15-17,19-20,22-23,28,30-31H,5-6,11-14,18H2,1-4H3. The number of aliphatic hydroxyl groups is 2. The first-order valence-corrected chi connectivity index (χ1v) is 13.8. The number of hydrogen-bond donors (Lipinski definition) is 2. The molecule has 0 bridgehead atoms. The van der Waals surface area contributed by atoms with Crippen LogP contribution in [0, 0.1) is 11.8 Å². The van der Waals surface area contributed by atoms with E-state index in [-0.39, 0.29) is 35.6 Å². The number of aryl methyl sites for hydroxylation is 1. The van der Waals surface area contributed by atoms with Crippen molar-refractivity contribution in [2.45, 2.75) is 64.4 Å². The molecule has 0 amide bonds. The first-order chi connectivity index (χ1) is 17.3. The van der Waals surface area contributed by atoms with Gasteiger partial charge in [-0.05, 0) is 61.1 Å². The van der Waals surface area contributed by atoms with Gasteiger partial charge in [0.15, 0.2) is 0 Å². The number of thioether (sulfide) groups is 1. The summed E-state index contributed by atoms with van der Waals surface area (Å²) >= 11 is 1.31. The number of ether oxygens (including phenoxy) is 3. The van der Waals surface area contributed by atoms with Gasteiger partial charge in [-0.15, -0.1) is 0 Å². The summed E-state index contributed by atoms with van der Waals surface area (Å²) < 4.78 is 17.3. The maximum atomic E-state index is 13.1. The van der Waals surface area contributed by atoms with Crippen molar-refractivity contribution < 1.29 is 29.2 Å². The molecule has 6 nitrogen and oxygen atoms in total. The summed E-state index contributed by atoms with van der Waals surface area (Å²) in [6.45, 7) is 9.58. The molecular formula is C29H40O6S. The number of carbonyl (C=O) groups is 1. The number of fused-ring (bicyclic) bond motifs is 1. The topological polar surface area (TPSA) is 85.2 Å².